The predicted octanol–water partition coefficient (Wildman–Crippen LogP) is 4.25. The van der Waals surface area contributed by atoms with Gasteiger partial charge < -0.3 is 9.73 Å². The molecule has 5 heteroatoms. The number of alkyl halides is 3. The SMILES string of the molecule is FC(F)(F)c1cccc2c1NCCC2c1ccco1. The number of halogens is 3. The van der Waals surface area contributed by atoms with E-state index in [4.69, 9.17) is 4.42 Å². The monoisotopic (exact) mass is 267 g/mol. The van der Waals surface area contributed by atoms with Gasteiger partial charge in [0, 0.05) is 12.5 Å². The highest BCUT2D eigenvalue weighted by Crippen LogP contribution is 2.43. The molecule has 1 aromatic carbocycles. The van der Waals surface area contributed by atoms with Gasteiger partial charge in [0.25, 0.3) is 0 Å². The standard InChI is InChI=1S/C14H12F3NO/c15-14(16,17)11-4-1-3-10-9(6-7-18-13(10)11)12-5-2-8-19-12/h1-5,8-9,18H,6-7H2. The minimum atomic E-state index is -4.34. The number of hydrogen-bond donors (Lipinski definition) is 1. The Morgan fingerprint density at radius 1 is 1.16 bits per heavy atom. The van der Waals surface area contributed by atoms with Crippen LogP contribution in [0.15, 0.2) is 41.0 Å². The quantitative estimate of drug-likeness (QED) is 0.835. The lowest BCUT2D eigenvalue weighted by molar-refractivity contribution is -0.137. The van der Waals surface area contributed by atoms with Crippen LogP contribution in [0.5, 0.6) is 0 Å². The molecule has 2 heterocycles. The Kier molecular flexibility index (Phi) is 2.77. The zero-order chi connectivity index (χ0) is 13.5. The topological polar surface area (TPSA) is 25.2 Å². The van der Waals surface area contributed by atoms with Crippen molar-refractivity contribution in [2.75, 3.05) is 11.9 Å². The summed E-state index contributed by atoms with van der Waals surface area (Å²) in [6, 6.07) is 7.84. The molecule has 0 amide bonds. The lowest BCUT2D eigenvalue weighted by Crippen LogP contribution is -2.21. The molecule has 100 valence electrons. The van der Waals surface area contributed by atoms with E-state index in [1.807, 2.05) is 0 Å². The molecule has 1 aliphatic heterocycles. The van der Waals surface area contributed by atoms with E-state index in [0.717, 1.165) is 12.5 Å². The van der Waals surface area contributed by atoms with E-state index in [1.54, 1.807) is 24.5 Å². The van der Waals surface area contributed by atoms with Crippen molar-refractivity contribution in [1.29, 1.82) is 0 Å². The molecular weight excluding hydrogens is 255 g/mol. The fourth-order valence-corrected chi connectivity index (χ4v) is 2.58. The van der Waals surface area contributed by atoms with E-state index in [-0.39, 0.29) is 11.6 Å². The molecule has 1 aromatic heterocycles. The number of rotatable bonds is 1. The summed E-state index contributed by atoms with van der Waals surface area (Å²) in [5, 5.41) is 2.87. The molecule has 0 saturated carbocycles. The second-order valence-electron chi connectivity index (χ2n) is 4.55. The van der Waals surface area contributed by atoms with Crippen molar-refractivity contribution in [2.24, 2.45) is 0 Å². The fraction of sp³-hybridized carbons (Fsp3) is 0.286. The average molecular weight is 267 g/mol. The molecule has 1 aliphatic rings. The van der Waals surface area contributed by atoms with Gasteiger partial charge in [0.2, 0.25) is 0 Å². The molecule has 0 saturated heterocycles. The fourth-order valence-electron chi connectivity index (χ4n) is 2.58. The van der Waals surface area contributed by atoms with Gasteiger partial charge in [-0.2, -0.15) is 13.2 Å². The first-order valence-corrected chi connectivity index (χ1v) is 6.05. The minimum Gasteiger partial charge on any atom is -0.469 e. The van der Waals surface area contributed by atoms with Crippen LogP contribution < -0.4 is 5.32 Å². The Bertz CT molecular complexity index is 575. The van der Waals surface area contributed by atoms with Crippen LogP contribution in [0.2, 0.25) is 0 Å². The number of benzene rings is 1. The van der Waals surface area contributed by atoms with E-state index in [2.05, 4.69) is 5.32 Å². The molecule has 0 aliphatic carbocycles. The van der Waals surface area contributed by atoms with Gasteiger partial charge in [-0.15, -0.1) is 0 Å². The summed E-state index contributed by atoms with van der Waals surface area (Å²) in [6.45, 7) is 0.505. The molecule has 1 unspecified atom stereocenters. The minimum absolute atomic E-state index is 0.117. The van der Waals surface area contributed by atoms with E-state index in [9.17, 15) is 13.2 Å². The normalized spacial score (nSPS) is 18.8. The molecule has 1 atom stereocenters. The Labute approximate surface area is 108 Å². The van der Waals surface area contributed by atoms with Crippen molar-refractivity contribution >= 4 is 5.69 Å². The maximum absolute atomic E-state index is 13.0. The molecule has 0 spiro atoms. The summed E-state index contributed by atoms with van der Waals surface area (Å²) in [4.78, 5) is 0. The highest BCUT2D eigenvalue weighted by Gasteiger charge is 2.37. The third-order valence-electron chi connectivity index (χ3n) is 3.40. The number of hydrogen-bond acceptors (Lipinski definition) is 2. The van der Waals surface area contributed by atoms with Gasteiger partial charge >= 0.3 is 6.18 Å². The Morgan fingerprint density at radius 2 is 2.00 bits per heavy atom. The van der Waals surface area contributed by atoms with Crippen molar-refractivity contribution in [3.63, 3.8) is 0 Å². The highest BCUT2D eigenvalue weighted by molar-refractivity contribution is 5.63. The summed E-state index contributed by atoms with van der Waals surface area (Å²) in [7, 11) is 0. The van der Waals surface area contributed by atoms with Gasteiger partial charge in [-0.05, 0) is 30.2 Å². The average Bonchev–Trinajstić information content (AvgIpc) is 2.90. The van der Waals surface area contributed by atoms with E-state index < -0.39 is 11.7 Å². The van der Waals surface area contributed by atoms with Gasteiger partial charge in [-0.25, -0.2) is 0 Å². The van der Waals surface area contributed by atoms with Crippen molar-refractivity contribution in [3.8, 4) is 0 Å². The van der Waals surface area contributed by atoms with Gasteiger partial charge in [0.1, 0.15) is 5.76 Å². The van der Waals surface area contributed by atoms with Crippen LogP contribution in [-0.2, 0) is 6.18 Å². The van der Waals surface area contributed by atoms with Crippen molar-refractivity contribution < 1.29 is 17.6 Å². The first-order valence-electron chi connectivity index (χ1n) is 6.05. The third-order valence-corrected chi connectivity index (χ3v) is 3.40. The second kappa shape index (κ2) is 4.33. The lowest BCUT2D eigenvalue weighted by Gasteiger charge is -2.28. The van der Waals surface area contributed by atoms with E-state index in [1.165, 1.54) is 6.07 Å². The molecule has 2 nitrogen and oxygen atoms in total. The second-order valence-corrected chi connectivity index (χ2v) is 4.55. The summed E-state index contributed by atoms with van der Waals surface area (Å²) in [6.07, 6.45) is -2.07. The first kappa shape index (κ1) is 12.1. The van der Waals surface area contributed by atoms with Gasteiger partial charge in [0.05, 0.1) is 17.5 Å². The molecule has 0 fully saturated rings. The third kappa shape index (κ3) is 2.09. The van der Waals surface area contributed by atoms with Crippen LogP contribution in [-0.4, -0.2) is 6.54 Å². The Morgan fingerprint density at radius 3 is 2.68 bits per heavy atom. The van der Waals surface area contributed by atoms with Gasteiger partial charge in [-0.1, -0.05) is 12.1 Å². The van der Waals surface area contributed by atoms with Gasteiger partial charge in [0.15, 0.2) is 0 Å². The van der Waals surface area contributed by atoms with Crippen molar-refractivity contribution in [1.82, 2.24) is 0 Å². The van der Waals surface area contributed by atoms with Crippen LogP contribution in [0.4, 0.5) is 18.9 Å². The van der Waals surface area contributed by atoms with E-state index in [0.29, 0.717) is 17.9 Å². The molecule has 2 aromatic rings. The zero-order valence-electron chi connectivity index (χ0n) is 10.00. The maximum atomic E-state index is 13.0. The smallest absolute Gasteiger partial charge is 0.418 e. The maximum Gasteiger partial charge on any atom is 0.418 e. The summed E-state index contributed by atoms with van der Waals surface area (Å²) >= 11 is 0. The number of furan rings is 1. The molecule has 3 rings (SSSR count). The molecule has 0 radical (unpaired) electrons. The number of para-hydroxylation sites is 1. The zero-order valence-corrected chi connectivity index (χ0v) is 10.00. The van der Waals surface area contributed by atoms with Crippen LogP contribution in [0.1, 0.15) is 29.2 Å². The van der Waals surface area contributed by atoms with Crippen LogP contribution in [0.3, 0.4) is 0 Å². The molecule has 0 bridgehead atoms. The summed E-state index contributed by atoms with van der Waals surface area (Å²) in [5.41, 5.74) is 0.222. The number of fused-ring (bicyclic) bond motifs is 1. The van der Waals surface area contributed by atoms with Crippen molar-refractivity contribution in [2.45, 2.75) is 18.5 Å². The highest BCUT2D eigenvalue weighted by atomic mass is 19.4. The van der Waals surface area contributed by atoms with Crippen LogP contribution in [0.25, 0.3) is 0 Å². The molecule has 1 N–H and O–H groups in total. The summed E-state index contributed by atoms with van der Waals surface area (Å²) < 4.78 is 44.3. The Balaban J connectivity index is 2.11. The largest absolute Gasteiger partial charge is 0.469 e. The predicted molar refractivity (Wildman–Crippen MR) is 65.1 cm³/mol. The number of nitrogens with one attached hydrogen (secondary N) is 1. The van der Waals surface area contributed by atoms with Crippen LogP contribution in [0, 0.1) is 0 Å². The van der Waals surface area contributed by atoms with E-state index >= 15 is 0 Å². The summed E-state index contributed by atoms with van der Waals surface area (Å²) in [5.74, 6) is 0.593. The van der Waals surface area contributed by atoms with Crippen LogP contribution >= 0.6 is 0 Å². The van der Waals surface area contributed by atoms with Crippen molar-refractivity contribution in [3.05, 3.63) is 53.5 Å². The Hall–Kier alpha value is -1.91. The first-order chi connectivity index (χ1) is 9.07. The molecule has 19 heavy (non-hydrogen) atoms. The lowest BCUT2D eigenvalue weighted by atomic mass is 9.87. The molecular formula is C14H12F3NO. The number of anilines is 1. The van der Waals surface area contributed by atoms with Gasteiger partial charge in [-0.3, -0.25) is 0 Å².